The minimum Gasteiger partial charge on any atom is -0.395 e. The van der Waals surface area contributed by atoms with Crippen LogP contribution in [-0.4, -0.2) is 27.7 Å². The van der Waals surface area contributed by atoms with Gasteiger partial charge in [0.25, 0.3) is 0 Å². The van der Waals surface area contributed by atoms with Crippen LogP contribution in [-0.2, 0) is 0 Å². The highest BCUT2D eigenvalue weighted by Crippen LogP contribution is 2.27. The Morgan fingerprint density at radius 3 is 2.65 bits per heavy atom. The van der Waals surface area contributed by atoms with Crippen LogP contribution in [0.25, 0.3) is 6.08 Å². The number of nitrogens with zero attached hydrogens (tertiary/aromatic N) is 2. The van der Waals surface area contributed by atoms with Crippen LogP contribution in [0, 0.1) is 12.3 Å². The number of rotatable bonds is 3. The molecule has 1 saturated heterocycles. The molecule has 2 rings (SSSR count). The van der Waals surface area contributed by atoms with Crippen LogP contribution in [0.2, 0.25) is 0 Å². The first-order valence-corrected chi connectivity index (χ1v) is 8.70. The average molecular weight is 317 g/mol. The average Bonchev–Trinajstić information content (AvgIpc) is 2.73. The van der Waals surface area contributed by atoms with Gasteiger partial charge in [-0.15, -0.1) is 0 Å². The standard InChI is InChI=1S/C19H31N3O/c1-13(19(3,4)5)10-17-14(2)21-18(11-20-17)16-9-7-6-8-15(12-23)22-16/h10-11,15-16,22-23H,6-9,12H2,1-5H3/b13-10+. The van der Waals surface area contributed by atoms with Crippen LogP contribution in [0.1, 0.15) is 76.5 Å². The molecule has 1 fully saturated rings. The normalized spacial score (nSPS) is 23.7. The van der Waals surface area contributed by atoms with Crippen molar-refractivity contribution in [3.8, 4) is 0 Å². The van der Waals surface area contributed by atoms with E-state index < -0.39 is 0 Å². The summed E-state index contributed by atoms with van der Waals surface area (Å²) in [7, 11) is 0. The van der Waals surface area contributed by atoms with E-state index >= 15 is 0 Å². The molecule has 0 radical (unpaired) electrons. The molecule has 2 heterocycles. The summed E-state index contributed by atoms with van der Waals surface area (Å²) < 4.78 is 0. The van der Waals surface area contributed by atoms with Crippen LogP contribution in [0.3, 0.4) is 0 Å². The van der Waals surface area contributed by atoms with Gasteiger partial charge in [-0.2, -0.15) is 0 Å². The van der Waals surface area contributed by atoms with Gasteiger partial charge in [0, 0.05) is 6.04 Å². The van der Waals surface area contributed by atoms with Gasteiger partial charge in [0.1, 0.15) is 0 Å². The first kappa shape index (κ1) is 18.1. The highest BCUT2D eigenvalue weighted by Gasteiger charge is 2.22. The maximum absolute atomic E-state index is 9.45. The molecular weight excluding hydrogens is 286 g/mol. The second-order valence-corrected chi connectivity index (χ2v) is 7.73. The molecule has 0 aliphatic carbocycles. The third-order valence-electron chi connectivity index (χ3n) is 4.85. The summed E-state index contributed by atoms with van der Waals surface area (Å²) in [6.07, 6.45) is 8.45. The monoisotopic (exact) mass is 317 g/mol. The third-order valence-corrected chi connectivity index (χ3v) is 4.85. The van der Waals surface area contributed by atoms with Gasteiger partial charge in [-0.1, -0.05) is 39.2 Å². The van der Waals surface area contributed by atoms with E-state index in [0.29, 0.717) is 0 Å². The molecule has 2 atom stereocenters. The van der Waals surface area contributed by atoms with Crippen molar-refractivity contribution in [2.75, 3.05) is 6.61 Å². The Morgan fingerprint density at radius 1 is 1.35 bits per heavy atom. The van der Waals surface area contributed by atoms with Gasteiger partial charge >= 0.3 is 0 Å². The van der Waals surface area contributed by atoms with E-state index in [1.165, 1.54) is 12.0 Å². The maximum atomic E-state index is 9.45. The van der Waals surface area contributed by atoms with Gasteiger partial charge < -0.3 is 10.4 Å². The van der Waals surface area contributed by atoms with E-state index in [1.54, 1.807) is 0 Å². The zero-order chi connectivity index (χ0) is 17.0. The SMILES string of the molecule is C/C(=C\c1ncc(C2CCCCC(CO)N2)nc1C)C(C)(C)C. The second-order valence-electron chi connectivity index (χ2n) is 7.73. The van der Waals surface area contributed by atoms with Gasteiger partial charge in [-0.3, -0.25) is 9.97 Å². The van der Waals surface area contributed by atoms with Crippen LogP contribution in [0.4, 0.5) is 0 Å². The molecule has 0 bridgehead atoms. The van der Waals surface area contributed by atoms with Crippen molar-refractivity contribution in [3.05, 3.63) is 28.9 Å². The molecule has 0 aromatic carbocycles. The van der Waals surface area contributed by atoms with Crippen molar-refractivity contribution in [3.63, 3.8) is 0 Å². The summed E-state index contributed by atoms with van der Waals surface area (Å²) in [6, 6.07) is 0.370. The Balaban J connectivity index is 2.21. The first-order valence-electron chi connectivity index (χ1n) is 8.70. The van der Waals surface area contributed by atoms with E-state index in [4.69, 9.17) is 4.98 Å². The molecule has 2 N–H and O–H groups in total. The van der Waals surface area contributed by atoms with Crippen LogP contribution < -0.4 is 5.32 Å². The van der Waals surface area contributed by atoms with Crippen molar-refractivity contribution >= 4 is 6.08 Å². The number of hydrogen-bond acceptors (Lipinski definition) is 4. The van der Waals surface area contributed by atoms with Gasteiger partial charge in [0.15, 0.2) is 0 Å². The number of nitrogens with one attached hydrogen (secondary N) is 1. The molecule has 1 aliphatic heterocycles. The van der Waals surface area contributed by atoms with Gasteiger partial charge in [-0.25, -0.2) is 0 Å². The Bertz CT molecular complexity index is 560. The number of aliphatic hydroxyl groups is 1. The molecule has 23 heavy (non-hydrogen) atoms. The van der Waals surface area contributed by atoms with Gasteiger partial charge in [0.2, 0.25) is 0 Å². The molecule has 0 spiro atoms. The Labute approximate surface area is 140 Å². The van der Waals surface area contributed by atoms with Crippen molar-refractivity contribution in [2.24, 2.45) is 5.41 Å². The van der Waals surface area contributed by atoms with E-state index in [-0.39, 0.29) is 24.1 Å². The lowest BCUT2D eigenvalue weighted by molar-refractivity contribution is 0.229. The number of allylic oxidation sites excluding steroid dienone is 1. The molecule has 1 aromatic heterocycles. The lowest BCUT2D eigenvalue weighted by Crippen LogP contribution is -2.34. The van der Waals surface area contributed by atoms with Crippen molar-refractivity contribution in [1.29, 1.82) is 0 Å². The van der Waals surface area contributed by atoms with Gasteiger partial charge in [0.05, 0.1) is 35.9 Å². The van der Waals surface area contributed by atoms with E-state index in [9.17, 15) is 5.11 Å². The second kappa shape index (κ2) is 7.54. The zero-order valence-electron chi connectivity index (χ0n) is 15.2. The predicted octanol–water partition coefficient (Wildman–Crippen LogP) is 3.80. The molecule has 4 nitrogen and oxygen atoms in total. The van der Waals surface area contributed by atoms with E-state index in [0.717, 1.165) is 36.3 Å². The molecule has 4 heteroatoms. The highest BCUT2D eigenvalue weighted by molar-refractivity contribution is 5.51. The quantitative estimate of drug-likeness (QED) is 0.890. The number of aryl methyl sites for hydroxylation is 1. The number of hydrogen-bond donors (Lipinski definition) is 2. The van der Waals surface area contributed by atoms with Crippen molar-refractivity contribution in [2.45, 2.75) is 72.4 Å². The minimum absolute atomic E-state index is 0.143. The highest BCUT2D eigenvalue weighted by atomic mass is 16.3. The molecule has 1 aromatic rings. The smallest absolute Gasteiger partial charge is 0.0842 e. The maximum Gasteiger partial charge on any atom is 0.0842 e. The summed E-state index contributed by atoms with van der Waals surface area (Å²) in [5, 5.41) is 13.0. The van der Waals surface area contributed by atoms with Crippen molar-refractivity contribution in [1.82, 2.24) is 15.3 Å². The molecule has 0 saturated carbocycles. The molecular formula is C19H31N3O. The minimum atomic E-state index is 0.143. The first-order chi connectivity index (χ1) is 10.8. The fourth-order valence-electron chi connectivity index (χ4n) is 2.81. The Hall–Kier alpha value is -1.26. The van der Waals surface area contributed by atoms with Crippen LogP contribution in [0.5, 0.6) is 0 Å². The lowest BCUT2D eigenvalue weighted by Gasteiger charge is -2.21. The fraction of sp³-hybridized carbons (Fsp3) is 0.684. The van der Waals surface area contributed by atoms with Crippen LogP contribution in [0.15, 0.2) is 11.8 Å². The predicted molar refractivity (Wildman–Crippen MR) is 95.1 cm³/mol. The Morgan fingerprint density at radius 2 is 2.04 bits per heavy atom. The summed E-state index contributed by atoms with van der Waals surface area (Å²) in [5.41, 5.74) is 4.36. The summed E-state index contributed by atoms with van der Waals surface area (Å²) >= 11 is 0. The fourth-order valence-corrected chi connectivity index (χ4v) is 2.81. The molecule has 0 amide bonds. The Kier molecular flexibility index (Phi) is 5.93. The summed E-state index contributed by atoms with van der Waals surface area (Å²) in [5.74, 6) is 0. The van der Waals surface area contributed by atoms with Gasteiger partial charge in [-0.05, 0) is 38.2 Å². The molecule has 2 unspecified atom stereocenters. The summed E-state index contributed by atoms with van der Waals surface area (Å²) in [6.45, 7) is 11.0. The molecule has 128 valence electrons. The largest absolute Gasteiger partial charge is 0.395 e. The number of aliphatic hydroxyl groups excluding tert-OH is 1. The zero-order valence-corrected chi connectivity index (χ0v) is 15.2. The lowest BCUT2D eigenvalue weighted by atomic mass is 9.87. The van der Waals surface area contributed by atoms with Crippen molar-refractivity contribution < 1.29 is 5.11 Å². The van der Waals surface area contributed by atoms with Crippen LogP contribution >= 0.6 is 0 Å². The summed E-state index contributed by atoms with van der Waals surface area (Å²) in [4.78, 5) is 9.44. The number of aromatic nitrogens is 2. The third kappa shape index (κ3) is 4.85. The topological polar surface area (TPSA) is 58.0 Å². The molecule has 1 aliphatic rings. The van der Waals surface area contributed by atoms with E-state index in [1.807, 2.05) is 13.1 Å². The van der Waals surface area contributed by atoms with E-state index in [2.05, 4.69) is 44.1 Å².